The molecule has 8 nitrogen and oxygen atoms in total. The average Bonchev–Trinajstić information content (AvgIpc) is 1.92. The molecule has 16 N–H and O–H groups in total. The second kappa shape index (κ2) is 991. The fourth-order valence-electron chi connectivity index (χ4n) is 0. The van der Waals surface area contributed by atoms with Crippen LogP contribution in [0, 0.1) is 0 Å². The second-order valence-electron chi connectivity index (χ2n) is 0.544. The van der Waals surface area contributed by atoms with Crippen LogP contribution in [0.1, 0.15) is 104 Å². The minimum Gasteiger partial charge on any atom is -0.693 e. The Morgan fingerprint density at radius 1 is 0.235 bits per heavy atom. The first kappa shape index (κ1) is 415. The van der Waals surface area contributed by atoms with Crippen molar-refractivity contribution >= 4 is 108 Å². The van der Waals surface area contributed by atoms with E-state index in [2.05, 4.69) is 84.7 Å². The molecule has 34 heavy (non-hydrogen) atoms. The third kappa shape index (κ3) is 6020. The first-order valence-electron chi connectivity index (χ1n) is 2.28. The van der Waals surface area contributed by atoms with Gasteiger partial charge in [-0.1, -0.05) is 104 Å². The molecule has 0 fully saturated rings. The van der Waals surface area contributed by atoms with Crippen molar-refractivity contribution in [3.05, 3.63) is 49.2 Å². The fourth-order valence-corrected chi connectivity index (χ4v) is 0. The van der Waals surface area contributed by atoms with Crippen LogP contribution in [0.15, 0.2) is 0 Å². The molecule has 0 saturated carbocycles. The largest absolute Gasteiger partial charge is 0.693 e. The summed E-state index contributed by atoms with van der Waals surface area (Å²) in [5.41, 5.74) is 0. The van der Waals surface area contributed by atoms with Crippen LogP contribution in [0.2, 0.25) is 0 Å². The zero-order chi connectivity index (χ0) is 10.8. The Morgan fingerprint density at radius 2 is 0.235 bits per heavy atom. The number of hydrogen-bond donors (Lipinski definition) is 0. The predicted octanol–water partition coefficient (Wildman–Crippen LogP) is 17.0. The fraction of sp³-hybridized carbons (Fsp3) is 1.00. The van der Waals surface area contributed by atoms with Crippen LogP contribution in [-0.2, 0) is 0 Å². The van der Waals surface area contributed by atoms with Crippen LogP contribution < -0.4 is 0 Å². The summed E-state index contributed by atoms with van der Waals surface area (Å²) in [6, 6.07) is 0. The molecule has 4 atom stereocenters. The third-order valence-electron chi connectivity index (χ3n) is 0. The summed E-state index contributed by atoms with van der Waals surface area (Å²) in [6.45, 7) is 0. The maximum Gasteiger partial charge on any atom is -0.693 e. The molecule has 0 aromatic heterocycles. The minimum absolute atomic E-state index is 0. The molecule has 0 radical (unpaired) electrons. The van der Waals surface area contributed by atoms with E-state index < -0.39 is 0 Å². The molecule has 0 bridgehead atoms. The van der Waals surface area contributed by atoms with Gasteiger partial charge < -0.3 is 49.2 Å². The maximum atomic E-state index is 4.23. The third-order valence-corrected chi connectivity index (χ3v) is 0. The van der Waals surface area contributed by atoms with E-state index >= 15 is 0 Å². The summed E-state index contributed by atoms with van der Waals surface area (Å²) in [4.78, 5) is 0. The molecule has 0 aliphatic carbocycles. The molecule has 0 spiro atoms. The van der Waals surface area contributed by atoms with Crippen molar-refractivity contribution in [2.24, 2.45) is 0 Å². The molecule has 0 aromatic rings. The molecule has 0 amide bonds. The SMILES string of the molecule is C.C.C.C.C.C.C.C.C.C.C.C.C.C.PB=S.PB=S.PB=S.PB=S.[NH2-].[NH2-].[NH2-].[NH2-].[NH2-].[NH2-].[NH2-].[NH2-]. The van der Waals surface area contributed by atoms with E-state index in [1.54, 1.807) is 0 Å². The molecule has 240 valence electrons. The molecule has 20 heteroatoms. The Labute approximate surface area is 260 Å². The van der Waals surface area contributed by atoms with Gasteiger partial charge in [0.05, 0.1) is 0 Å². The van der Waals surface area contributed by atoms with E-state index in [9.17, 15) is 0 Å². The zero-order valence-electron chi connectivity index (χ0n) is 10.9. The topological polar surface area (TPSA) is 268 Å². The van der Waals surface area contributed by atoms with E-state index in [0.29, 0.717) is 0 Å². The van der Waals surface area contributed by atoms with Gasteiger partial charge in [-0.05, 0) is 0 Å². The molecule has 0 saturated heterocycles. The summed E-state index contributed by atoms with van der Waals surface area (Å²) in [5, 5.41) is 0. The van der Waals surface area contributed by atoms with Crippen molar-refractivity contribution in [3.8, 4) is 0 Å². The molecule has 4 unspecified atom stereocenters. The van der Waals surface area contributed by atoms with E-state index in [1.807, 2.05) is 0 Å². The second-order valence-corrected chi connectivity index (χ2v) is 4.90. The van der Waals surface area contributed by atoms with E-state index in [-0.39, 0.29) is 153 Å². The summed E-state index contributed by atoms with van der Waals surface area (Å²) >= 11 is 16.9. The van der Waals surface area contributed by atoms with Crippen LogP contribution in [-0.4, -0.2) is 23.5 Å². The number of hydrogen-bond acceptors (Lipinski definition) is 4. The summed E-state index contributed by atoms with van der Waals surface area (Å²) in [7, 11) is 9.07. The van der Waals surface area contributed by atoms with Crippen LogP contribution in [0.25, 0.3) is 49.2 Å². The van der Waals surface area contributed by atoms with Crippen molar-refractivity contribution < 1.29 is 0 Å². The molecule has 0 heterocycles. The van der Waals surface area contributed by atoms with Gasteiger partial charge in [0, 0.05) is 0 Å². The van der Waals surface area contributed by atoms with Crippen molar-refractivity contribution in [2.45, 2.75) is 104 Å². The van der Waals surface area contributed by atoms with Crippen LogP contribution >= 0.6 is 84.7 Å². The van der Waals surface area contributed by atoms with Crippen LogP contribution in [0.4, 0.5) is 0 Å². The number of rotatable bonds is 0. The van der Waals surface area contributed by atoms with Crippen LogP contribution in [0.3, 0.4) is 0 Å². The summed E-state index contributed by atoms with van der Waals surface area (Å²) < 4.78 is 0. The molecule has 0 aliphatic heterocycles. The van der Waals surface area contributed by atoms with Gasteiger partial charge in [-0.3, -0.25) is 0 Å². The summed E-state index contributed by atoms with van der Waals surface area (Å²) in [5.74, 6) is 6.00. The van der Waals surface area contributed by atoms with Gasteiger partial charge in [-0.25, -0.2) is 0 Å². The first-order chi connectivity index (χ1) is 5.66. The molecule has 0 aromatic carbocycles. The standard InChI is InChI=1S/14CH4.4BH2PS.8H2N/c;;;;;;;;;;;;;;4*2-1-3;;;;;;;;/h14*1H4;4*2H2;8*1H2/q;;;;;;;;;;;;;;;;;;8*-1. The van der Waals surface area contributed by atoms with Gasteiger partial charge in [0.15, 0.2) is 0 Å². The zero-order valence-corrected chi connectivity index (χ0v) is 18.8. The van der Waals surface area contributed by atoms with Crippen molar-refractivity contribution in [1.29, 1.82) is 0 Å². The first-order valence-corrected chi connectivity index (χ1v) is 6.83. The average molecular weight is 656 g/mol. The predicted molar refractivity (Wildman–Crippen MR) is 229 cm³/mol. The Balaban J connectivity index is -0.000000000860. The van der Waals surface area contributed by atoms with Gasteiger partial charge in [-0.2, -0.15) is 0 Å². The quantitative estimate of drug-likeness (QED) is 0.181. The Hall–Kier alpha value is 2.54. The van der Waals surface area contributed by atoms with Crippen molar-refractivity contribution in [1.82, 2.24) is 0 Å². The Bertz CT molecular complexity index is 126. The van der Waals surface area contributed by atoms with Crippen LogP contribution in [0.5, 0.6) is 0 Å². The maximum absolute atomic E-state index is 4.23. The Kier molecular flexibility index (Phi) is 12100. The van der Waals surface area contributed by atoms with Crippen molar-refractivity contribution in [3.63, 3.8) is 0 Å². The van der Waals surface area contributed by atoms with Crippen molar-refractivity contribution in [2.75, 3.05) is 0 Å². The molecule has 0 rings (SSSR count). The molecule has 0 aliphatic rings. The van der Waals surface area contributed by atoms with Gasteiger partial charge in [0.2, 0.25) is 0 Å². The summed E-state index contributed by atoms with van der Waals surface area (Å²) in [6.07, 6.45) is 0. The monoisotopic (exact) mass is 656 g/mol. The minimum atomic E-state index is 0. The smallest absolute Gasteiger partial charge is 0.693 e. The van der Waals surface area contributed by atoms with Gasteiger partial charge in [0.1, 0.15) is 0 Å². The Morgan fingerprint density at radius 3 is 0.235 bits per heavy atom. The van der Waals surface area contributed by atoms with Gasteiger partial charge in [0.25, 0.3) is 0 Å². The van der Waals surface area contributed by atoms with E-state index in [1.165, 1.54) is 23.5 Å². The normalized spacial score (nSPS) is 1.06. The molecular weight excluding hydrogens is 576 g/mol. The van der Waals surface area contributed by atoms with Gasteiger partial charge in [-0.15, -0.1) is 0 Å². The number of nitrogens with two attached hydrogens (primary N) is 8. The van der Waals surface area contributed by atoms with Gasteiger partial charge >= 0.3 is 108 Å². The van der Waals surface area contributed by atoms with E-state index in [4.69, 9.17) is 0 Å². The van der Waals surface area contributed by atoms with E-state index in [0.717, 1.165) is 0 Å². The molecular formula is C14H80B4N8P4S4-8.